The molecule has 1 heterocycles. The minimum absolute atomic E-state index is 0.781. The first-order valence-electron chi connectivity index (χ1n) is 19.0. The maximum absolute atomic E-state index is 11.9. The van der Waals surface area contributed by atoms with Gasteiger partial charge in [0.25, 0.3) is 0 Å². The summed E-state index contributed by atoms with van der Waals surface area (Å²) in [6, 6.07) is 17.9. The van der Waals surface area contributed by atoms with Gasteiger partial charge >= 0.3 is 62.7 Å². The molecule has 0 aliphatic carbocycles. The summed E-state index contributed by atoms with van der Waals surface area (Å²) in [7, 11) is 0. The van der Waals surface area contributed by atoms with Crippen molar-refractivity contribution in [3.05, 3.63) is 87.5 Å². The van der Waals surface area contributed by atoms with Crippen LogP contribution in [0.1, 0.15) is 167 Å². The maximum atomic E-state index is 11.9. The number of unbranched alkanes of at least 4 members (excludes halogenated alkanes) is 8. The van der Waals surface area contributed by atoms with Gasteiger partial charge in [0.15, 0.2) is 0 Å². The molecule has 0 N–H and O–H groups in total. The standard InChI is InChI=1S/C36H52N2.2C3H7O.Ni/c1-5-9-13-14-15-16-26-34-33(25-12-8-4)35(31-23-17-21-29(27-31)19-10-6-2)38(37)36(34)32-24-18-22-30(28-32)20-11-7-3;2*1-2-3-4;/h17-18,21-24,27-28H,5-16,19-20,25-26H2,1-4H3;2*2-3H2,1H3;/q;2*-1;+2. The van der Waals surface area contributed by atoms with Crippen molar-refractivity contribution in [2.75, 3.05) is 13.2 Å². The van der Waals surface area contributed by atoms with E-state index in [-0.39, 0.29) is 0 Å². The molecule has 0 spiro atoms. The van der Waals surface area contributed by atoms with E-state index in [1.165, 1.54) is 86.5 Å². The summed E-state index contributed by atoms with van der Waals surface area (Å²) in [6.45, 7) is 14.8. The molecule has 5 heteroatoms. The van der Waals surface area contributed by atoms with Gasteiger partial charge in [-0.2, -0.15) is 0 Å². The van der Waals surface area contributed by atoms with E-state index in [2.05, 4.69) is 90.1 Å². The van der Waals surface area contributed by atoms with Crippen molar-refractivity contribution in [3.8, 4) is 0 Å². The number of aryl methyl sites for hydroxylation is 2. The van der Waals surface area contributed by atoms with Gasteiger partial charge < -0.3 is 5.53 Å². The molecule has 1 aliphatic rings. The fourth-order valence-corrected chi connectivity index (χ4v) is 6.59. The number of hydrogen-bond donors (Lipinski definition) is 0. The number of nitrogens with zero attached hydrogens (tertiary/aromatic N) is 2. The third kappa shape index (κ3) is 14.9. The Morgan fingerprint density at radius 3 is 1.40 bits per heavy atom. The second-order valence-electron chi connectivity index (χ2n) is 12.8. The fourth-order valence-electron chi connectivity index (χ4n) is 5.94. The van der Waals surface area contributed by atoms with Gasteiger partial charge in [0.05, 0.1) is 0 Å². The van der Waals surface area contributed by atoms with E-state index in [9.17, 15) is 5.53 Å². The molecule has 0 aromatic heterocycles. The Kier molecular flexibility index (Phi) is 22.6. The number of benzene rings is 2. The average Bonchev–Trinajstić information content (AvgIpc) is 3.37. The Hall–Kier alpha value is -2.07. The van der Waals surface area contributed by atoms with Gasteiger partial charge in [0.1, 0.15) is 0 Å². The normalized spacial score (nSPS) is 13.1. The van der Waals surface area contributed by atoms with E-state index in [4.69, 9.17) is 7.76 Å². The predicted octanol–water partition coefficient (Wildman–Crippen LogP) is 13.2. The van der Waals surface area contributed by atoms with Crippen LogP contribution >= 0.6 is 0 Å². The second-order valence-corrected chi connectivity index (χ2v) is 13.6. The van der Waals surface area contributed by atoms with E-state index < -0.39 is 0 Å². The zero-order valence-electron chi connectivity index (χ0n) is 30.8. The van der Waals surface area contributed by atoms with E-state index in [1.807, 2.05) is 0 Å². The number of rotatable bonds is 24. The van der Waals surface area contributed by atoms with Gasteiger partial charge in [0, 0.05) is 22.3 Å². The van der Waals surface area contributed by atoms with Crippen LogP contribution in [0.4, 0.5) is 0 Å². The van der Waals surface area contributed by atoms with E-state index in [0.29, 0.717) is 0 Å². The molecule has 47 heavy (non-hydrogen) atoms. The second kappa shape index (κ2) is 25.9. The molecule has 0 unspecified atom stereocenters. The van der Waals surface area contributed by atoms with Gasteiger partial charge in [-0.1, -0.05) is 103 Å². The van der Waals surface area contributed by atoms with Crippen molar-refractivity contribution in [1.82, 2.24) is 0 Å². The minimum atomic E-state index is 0.781. The molecule has 0 atom stereocenters. The summed E-state index contributed by atoms with van der Waals surface area (Å²) < 4.78 is 11.6. The molecule has 0 radical (unpaired) electrons. The molecule has 0 fully saturated rings. The summed E-state index contributed by atoms with van der Waals surface area (Å²) in [5, 5.41) is 0. The van der Waals surface area contributed by atoms with Gasteiger partial charge in [-0.05, 0) is 86.8 Å². The quantitative estimate of drug-likeness (QED) is 0.0626. The van der Waals surface area contributed by atoms with Crippen LogP contribution in [-0.2, 0) is 35.7 Å². The van der Waals surface area contributed by atoms with Gasteiger partial charge in [0.2, 0.25) is 11.4 Å². The molecule has 0 bridgehead atoms. The van der Waals surface area contributed by atoms with Gasteiger partial charge in [-0.25, -0.2) is 4.70 Å². The molecular formula is C42H66N2NiO2. The first-order valence-corrected chi connectivity index (χ1v) is 19.8. The topological polar surface area (TPSA) is 43.8 Å². The summed E-state index contributed by atoms with van der Waals surface area (Å²) in [5.41, 5.74) is 21.8. The van der Waals surface area contributed by atoms with Gasteiger partial charge in [-0.15, -0.1) is 0 Å². The van der Waals surface area contributed by atoms with Crippen LogP contribution in [0.15, 0.2) is 59.7 Å². The third-order valence-electron chi connectivity index (χ3n) is 8.57. The molecule has 1 aliphatic heterocycles. The monoisotopic (exact) mass is 688 g/mol. The van der Waals surface area contributed by atoms with Crippen LogP contribution in [0.5, 0.6) is 0 Å². The molecule has 2 aromatic carbocycles. The molecule has 266 valence electrons. The Bertz CT molecular complexity index is 1210. The molecule has 2 aromatic rings. The molecule has 0 saturated heterocycles. The molecule has 3 rings (SSSR count). The summed E-state index contributed by atoms with van der Waals surface area (Å²) >= 11 is 0.942. The Morgan fingerprint density at radius 2 is 0.936 bits per heavy atom. The van der Waals surface area contributed by atoms with Crippen molar-refractivity contribution < 1.29 is 27.5 Å². The zero-order valence-corrected chi connectivity index (χ0v) is 31.8. The van der Waals surface area contributed by atoms with Crippen molar-refractivity contribution in [2.24, 2.45) is 0 Å². The number of allylic oxidation sites excluding steroid dienone is 2. The molecular weight excluding hydrogens is 623 g/mol. The molecule has 4 nitrogen and oxygen atoms in total. The van der Waals surface area contributed by atoms with Crippen molar-refractivity contribution in [1.29, 1.82) is 0 Å². The van der Waals surface area contributed by atoms with Crippen LogP contribution < -0.4 is 0 Å². The Morgan fingerprint density at radius 1 is 0.511 bits per heavy atom. The van der Waals surface area contributed by atoms with Gasteiger partial charge in [-0.3, -0.25) is 0 Å². The van der Waals surface area contributed by atoms with Crippen LogP contribution in [0, 0.1) is 0 Å². The van der Waals surface area contributed by atoms with Crippen molar-refractivity contribution in [2.45, 2.75) is 157 Å². The Balaban J connectivity index is 0.000000745. The van der Waals surface area contributed by atoms with Crippen LogP contribution in [0.25, 0.3) is 16.9 Å². The summed E-state index contributed by atoms with van der Waals surface area (Å²) in [4.78, 5) is 0. The number of hydrogen-bond acceptors (Lipinski definition) is 2. The fraction of sp³-hybridized carbons (Fsp3) is 0.619. The third-order valence-corrected chi connectivity index (χ3v) is 9.21. The van der Waals surface area contributed by atoms with Crippen LogP contribution in [0.2, 0.25) is 0 Å². The average molecular weight is 690 g/mol. The summed E-state index contributed by atoms with van der Waals surface area (Å²) in [5.74, 6) is 0. The Labute approximate surface area is 295 Å². The van der Waals surface area contributed by atoms with Crippen LogP contribution in [-0.4, -0.2) is 17.9 Å². The first-order chi connectivity index (χ1) is 23.1. The molecule has 0 amide bonds. The van der Waals surface area contributed by atoms with E-state index in [0.717, 1.165) is 102 Å². The molecule has 0 saturated carbocycles. The first kappa shape index (κ1) is 41.1. The predicted molar refractivity (Wildman–Crippen MR) is 198 cm³/mol. The van der Waals surface area contributed by atoms with E-state index >= 15 is 0 Å². The van der Waals surface area contributed by atoms with Crippen molar-refractivity contribution >= 4 is 11.4 Å². The zero-order chi connectivity index (χ0) is 34.1. The van der Waals surface area contributed by atoms with Crippen molar-refractivity contribution in [3.63, 3.8) is 0 Å². The van der Waals surface area contributed by atoms with Crippen LogP contribution in [0.3, 0.4) is 0 Å². The SMILES string of the molecule is CCCCCCCCC1=C(c2cccc(CCCC)c2)[N+](=[N-])C(c2cccc(CCCC)c2)=C1CCCC.CCC[O][Ni][O]CCC. The summed E-state index contributed by atoms with van der Waals surface area (Å²) in [6.07, 6.45) is 21.2. The van der Waals surface area contributed by atoms with E-state index in [1.54, 1.807) is 4.70 Å².